The number of halogens is 1. The second kappa shape index (κ2) is 7.99. The van der Waals surface area contributed by atoms with Gasteiger partial charge in [-0.05, 0) is 65.3 Å². The van der Waals surface area contributed by atoms with Crippen molar-refractivity contribution < 1.29 is 12.8 Å². The zero-order valence-electron chi connectivity index (χ0n) is 18.3. The van der Waals surface area contributed by atoms with E-state index >= 15 is 0 Å². The van der Waals surface area contributed by atoms with Crippen LogP contribution in [0.2, 0.25) is 0 Å². The summed E-state index contributed by atoms with van der Waals surface area (Å²) in [7, 11) is -3.78. The maximum absolute atomic E-state index is 13.5. The number of fused-ring (bicyclic) bond motifs is 4. The molecule has 0 saturated heterocycles. The van der Waals surface area contributed by atoms with Gasteiger partial charge in [-0.25, -0.2) is 12.8 Å². The van der Waals surface area contributed by atoms with E-state index in [2.05, 4.69) is 22.2 Å². The van der Waals surface area contributed by atoms with Gasteiger partial charge in [0, 0.05) is 17.0 Å². The zero-order valence-corrected chi connectivity index (χ0v) is 19.1. The van der Waals surface area contributed by atoms with E-state index in [9.17, 15) is 12.8 Å². The number of benzene rings is 4. The van der Waals surface area contributed by atoms with Gasteiger partial charge in [0.05, 0.1) is 16.6 Å². The Morgan fingerprint density at radius 3 is 2.56 bits per heavy atom. The summed E-state index contributed by atoms with van der Waals surface area (Å²) in [6, 6.07) is 25.2. The molecule has 0 saturated carbocycles. The van der Waals surface area contributed by atoms with Crippen LogP contribution < -0.4 is 10.0 Å². The first-order chi connectivity index (χ1) is 16.5. The van der Waals surface area contributed by atoms with Crippen LogP contribution in [-0.4, -0.2) is 8.42 Å². The molecule has 0 unspecified atom stereocenters. The Labute approximate surface area is 198 Å². The van der Waals surface area contributed by atoms with E-state index in [-0.39, 0.29) is 28.6 Å². The number of hydrogen-bond acceptors (Lipinski definition) is 3. The lowest BCUT2D eigenvalue weighted by atomic mass is 9.77. The summed E-state index contributed by atoms with van der Waals surface area (Å²) >= 11 is 0. The first-order valence-corrected chi connectivity index (χ1v) is 12.8. The molecule has 170 valence electrons. The second-order valence-corrected chi connectivity index (χ2v) is 10.6. The number of hydrogen-bond donors (Lipinski definition) is 2. The third kappa shape index (κ3) is 3.55. The van der Waals surface area contributed by atoms with Crippen molar-refractivity contribution in [3.05, 3.63) is 114 Å². The molecule has 4 nitrogen and oxygen atoms in total. The standard InChI is InChI=1S/C28H23FN2O2S/c29-20-13-11-19(12-14-20)28-24-9-4-8-23(24)25-17-21(15-16-26(25)30-28)34(32,33)31-27-10-3-6-18-5-1-2-7-22(18)27/h1-8,10-17,23-24,28,30-31H,9H2/t23-,24+,28+/m0/s1. The first kappa shape index (κ1) is 20.9. The fraction of sp³-hybridized carbons (Fsp3) is 0.143. The predicted octanol–water partition coefficient (Wildman–Crippen LogP) is 6.61. The van der Waals surface area contributed by atoms with Gasteiger partial charge in [0.2, 0.25) is 0 Å². The fourth-order valence-corrected chi connectivity index (χ4v) is 6.37. The molecule has 1 aliphatic carbocycles. The van der Waals surface area contributed by atoms with E-state index in [1.54, 1.807) is 18.2 Å². The van der Waals surface area contributed by atoms with E-state index < -0.39 is 10.0 Å². The van der Waals surface area contributed by atoms with Crippen molar-refractivity contribution in [2.24, 2.45) is 5.92 Å². The van der Waals surface area contributed by atoms with Crippen LogP contribution in [0.1, 0.15) is 29.5 Å². The molecule has 2 aliphatic rings. The maximum Gasteiger partial charge on any atom is 0.261 e. The number of rotatable bonds is 4. The van der Waals surface area contributed by atoms with Crippen molar-refractivity contribution >= 4 is 32.2 Å². The lowest BCUT2D eigenvalue weighted by molar-refractivity contribution is 0.424. The topological polar surface area (TPSA) is 58.2 Å². The molecule has 0 radical (unpaired) electrons. The maximum atomic E-state index is 13.5. The van der Waals surface area contributed by atoms with Crippen LogP contribution in [0.4, 0.5) is 15.8 Å². The van der Waals surface area contributed by atoms with Crippen LogP contribution in [-0.2, 0) is 10.0 Å². The zero-order chi connectivity index (χ0) is 23.3. The minimum Gasteiger partial charge on any atom is -0.378 e. The van der Waals surface area contributed by atoms with Crippen molar-refractivity contribution in [1.82, 2.24) is 0 Å². The molecule has 34 heavy (non-hydrogen) atoms. The molecule has 3 atom stereocenters. The molecule has 1 heterocycles. The number of nitrogens with one attached hydrogen (secondary N) is 2. The van der Waals surface area contributed by atoms with Gasteiger partial charge in [-0.3, -0.25) is 4.72 Å². The predicted molar refractivity (Wildman–Crippen MR) is 134 cm³/mol. The molecule has 1 aliphatic heterocycles. The Bertz CT molecular complexity index is 1520. The molecule has 0 aromatic heterocycles. The first-order valence-electron chi connectivity index (χ1n) is 11.3. The second-order valence-electron chi connectivity index (χ2n) is 8.91. The van der Waals surface area contributed by atoms with Crippen LogP contribution in [0.25, 0.3) is 10.8 Å². The summed E-state index contributed by atoms with van der Waals surface area (Å²) in [5, 5.41) is 5.41. The van der Waals surface area contributed by atoms with Gasteiger partial charge in [0.1, 0.15) is 5.82 Å². The lowest BCUT2D eigenvalue weighted by Crippen LogP contribution is -2.29. The third-order valence-corrected chi connectivity index (χ3v) is 8.27. The van der Waals surface area contributed by atoms with E-state index in [0.29, 0.717) is 5.69 Å². The van der Waals surface area contributed by atoms with Crippen LogP contribution in [0.15, 0.2) is 102 Å². The molecular formula is C28H23FN2O2S. The Morgan fingerprint density at radius 1 is 0.912 bits per heavy atom. The Balaban J connectivity index is 1.36. The SMILES string of the molecule is O=S(=O)(Nc1cccc2ccccc12)c1ccc2c(c1)[C@H]1C=CC[C@H]1[C@@H](c1ccc(F)cc1)N2. The minimum atomic E-state index is -3.78. The molecule has 6 heteroatoms. The summed E-state index contributed by atoms with van der Waals surface area (Å²) in [6.45, 7) is 0. The fourth-order valence-electron chi connectivity index (χ4n) is 5.26. The molecule has 0 fully saturated rings. The Kier molecular flexibility index (Phi) is 4.92. The molecular weight excluding hydrogens is 447 g/mol. The lowest BCUT2D eigenvalue weighted by Gasteiger charge is -2.37. The van der Waals surface area contributed by atoms with E-state index in [1.807, 2.05) is 54.6 Å². The van der Waals surface area contributed by atoms with Crippen LogP contribution >= 0.6 is 0 Å². The number of allylic oxidation sites excluding steroid dienone is 2. The van der Waals surface area contributed by atoms with E-state index in [0.717, 1.165) is 34.0 Å². The molecule has 0 bridgehead atoms. The summed E-state index contributed by atoms with van der Waals surface area (Å²) in [4.78, 5) is 0.236. The van der Waals surface area contributed by atoms with Crippen molar-refractivity contribution in [3.63, 3.8) is 0 Å². The molecule has 4 aromatic rings. The average molecular weight is 471 g/mol. The van der Waals surface area contributed by atoms with E-state index in [4.69, 9.17) is 0 Å². The van der Waals surface area contributed by atoms with Crippen LogP contribution in [0.3, 0.4) is 0 Å². The highest BCUT2D eigenvalue weighted by Crippen LogP contribution is 2.50. The largest absolute Gasteiger partial charge is 0.378 e. The van der Waals surface area contributed by atoms with Gasteiger partial charge >= 0.3 is 0 Å². The molecule has 0 amide bonds. The van der Waals surface area contributed by atoms with Gasteiger partial charge in [-0.15, -0.1) is 0 Å². The van der Waals surface area contributed by atoms with Gasteiger partial charge in [0.25, 0.3) is 10.0 Å². The van der Waals surface area contributed by atoms with E-state index in [1.165, 1.54) is 12.1 Å². The van der Waals surface area contributed by atoms with Gasteiger partial charge in [-0.1, -0.05) is 60.7 Å². The van der Waals surface area contributed by atoms with Gasteiger partial charge in [-0.2, -0.15) is 0 Å². The van der Waals surface area contributed by atoms with Crippen LogP contribution in [0.5, 0.6) is 0 Å². The monoisotopic (exact) mass is 470 g/mol. The third-order valence-electron chi connectivity index (χ3n) is 6.91. The summed E-state index contributed by atoms with van der Waals surface area (Å²) in [6.07, 6.45) is 5.19. The Hall–Kier alpha value is -3.64. The molecule has 0 spiro atoms. The normalized spacial score (nSPS) is 21.0. The summed E-state index contributed by atoms with van der Waals surface area (Å²) in [5.74, 6) is 0.0792. The van der Waals surface area contributed by atoms with Crippen molar-refractivity contribution in [3.8, 4) is 0 Å². The van der Waals surface area contributed by atoms with Gasteiger partial charge in [0.15, 0.2) is 0 Å². The van der Waals surface area contributed by atoms with Crippen LogP contribution in [0, 0.1) is 11.7 Å². The molecule has 2 N–H and O–H groups in total. The smallest absolute Gasteiger partial charge is 0.261 e. The highest BCUT2D eigenvalue weighted by Gasteiger charge is 2.38. The van der Waals surface area contributed by atoms with Crippen molar-refractivity contribution in [2.45, 2.75) is 23.3 Å². The van der Waals surface area contributed by atoms with Crippen molar-refractivity contribution in [1.29, 1.82) is 0 Å². The quantitative estimate of drug-likeness (QED) is 0.330. The minimum absolute atomic E-state index is 0.0318. The summed E-state index contributed by atoms with van der Waals surface area (Å²) in [5.41, 5.74) is 3.47. The number of sulfonamides is 1. The summed E-state index contributed by atoms with van der Waals surface area (Å²) < 4.78 is 43.0. The molecule has 6 rings (SSSR count). The van der Waals surface area contributed by atoms with Crippen molar-refractivity contribution in [2.75, 3.05) is 10.0 Å². The Morgan fingerprint density at radius 2 is 1.71 bits per heavy atom. The highest BCUT2D eigenvalue weighted by molar-refractivity contribution is 7.92. The van der Waals surface area contributed by atoms with Gasteiger partial charge < -0.3 is 5.32 Å². The molecule has 4 aromatic carbocycles. The number of anilines is 2. The average Bonchev–Trinajstić information content (AvgIpc) is 3.34. The highest BCUT2D eigenvalue weighted by atomic mass is 32.2.